The van der Waals surface area contributed by atoms with E-state index in [9.17, 15) is 9.59 Å². The van der Waals surface area contributed by atoms with Crippen molar-refractivity contribution in [2.75, 3.05) is 0 Å². The van der Waals surface area contributed by atoms with Crippen LogP contribution < -0.4 is 5.56 Å². The number of benzene rings is 2. The normalized spacial score (nSPS) is 14.8. The minimum absolute atomic E-state index is 0.0830. The largest absolute Gasteiger partial charge is 0.478 e. The number of carboxylic acids is 1. The number of aromatic carboxylic acids is 1. The molecule has 25 heavy (non-hydrogen) atoms. The van der Waals surface area contributed by atoms with Crippen LogP contribution in [0.25, 0.3) is 22.6 Å². The summed E-state index contributed by atoms with van der Waals surface area (Å²) in [7, 11) is 0. The highest BCUT2D eigenvalue weighted by Crippen LogP contribution is 2.28. The van der Waals surface area contributed by atoms with Crippen molar-refractivity contribution in [1.29, 1.82) is 0 Å². The topological polar surface area (TPSA) is 72.2 Å². The van der Waals surface area contributed by atoms with Crippen molar-refractivity contribution in [3.63, 3.8) is 0 Å². The highest BCUT2D eigenvalue weighted by molar-refractivity contribution is 6.30. The Bertz CT molecular complexity index is 1120. The number of hydrogen-bond acceptors (Lipinski definition) is 3. The smallest absolute Gasteiger partial charge is 0.335 e. The molecule has 0 spiro atoms. The minimum atomic E-state index is -1.06. The number of aromatic nitrogens is 2. The molecular weight excluding hydrogens is 340 g/mol. The summed E-state index contributed by atoms with van der Waals surface area (Å²) in [6.45, 7) is 0.529. The van der Waals surface area contributed by atoms with Gasteiger partial charge in [-0.1, -0.05) is 23.7 Å². The van der Waals surface area contributed by atoms with Crippen LogP contribution in [-0.2, 0) is 6.54 Å². The Morgan fingerprint density at radius 3 is 2.84 bits per heavy atom. The summed E-state index contributed by atoms with van der Waals surface area (Å²) in [6, 6.07) is 11.9. The Hall–Kier alpha value is -2.92. The quantitative estimate of drug-likeness (QED) is 0.763. The zero-order valence-electron chi connectivity index (χ0n) is 13.1. The van der Waals surface area contributed by atoms with E-state index in [0.29, 0.717) is 34.7 Å². The maximum Gasteiger partial charge on any atom is 0.335 e. The summed E-state index contributed by atoms with van der Waals surface area (Å²) in [5, 5.41) is 10.1. The first-order valence-electron chi connectivity index (χ1n) is 7.77. The molecule has 0 saturated heterocycles. The van der Waals surface area contributed by atoms with E-state index in [0.717, 1.165) is 11.1 Å². The summed E-state index contributed by atoms with van der Waals surface area (Å²) in [5.41, 5.74) is 2.28. The van der Waals surface area contributed by atoms with E-state index < -0.39 is 5.97 Å². The third-order valence-electron chi connectivity index (χ3n) is 4.28. The van der Waals surface area contributed by atoms with Crippen molar-refractivity contribution >= 4 is 40.1 Å². The zero-order valence-corrected chi connectivity index (χ0v) is 13.8. The van der Waals surface area contributed by atoms with Crippen LogP contribution in [0.4, 0.5) is 0 Å². The van der Waals surface area contributed by atoms with E-state index in [4.69, 9.17) is 16.7 Å². The molecule has 0 fully saturated rings. The van der Waals surface area contributed by atoms with Crippen LogP contribution in [0.5, 0.6) is 0 Å². The molecule has 2 heterocycles. The van der Waals surface area contributed by atoms with Crippen molar-refractivity contribution in [1.82, 2.24) is 9.55 Å². The number of fused-ring (bicyclic) bond motifs is 2. The van der Waals surface area contributed by atoms with E-state index >= 15 is 0 Å². The average molecular weight is 353 g/mol. The van der Waals surface area contributed by atoms with E-state index in [1.165, 1.54) is 12.1 Å². The van der Waals surface area contributed by atoms with Crippen LogP contribution in [0.1, 0.15) is 28.2 Å². The fourth-order valence-corrected chi connectivity index (χ4v) is 3.28. The van der Waals surface area contributed by atoms with Gasteiger partial charge in [-0.25, -0.2) is 9.78 Å². The van der Waals surface area contributed by atoms with Crippen molar-refractivity contribution in [2.45, 2.75) is 13.0 Å². The molecule has 0 unspecified atom stereocenters. The SMILES string of the molecule is O=C(O)c1ccc2nc3n(c(=O)c2c1)CCC3=Cc1cccc(Cl)c1. The number of carbonyl (C=O) groups is 1. The minimum Gasteiger partial charge on any atom is -0.478 e. The van der Waals surface area contributed by atoms with Gasteiger partial charge in [-0.15, -0.1) is 0 Å². The van der Waals surface area contributed by atoms with Crippen LogP contribution in [0.15, 0.2) is 47.3 Å². The van der Waals surface area contributed by atoms with Gasteiger partial charge >= 0.3 is 5.97 Å². The third-order valence-corrected chi connectivity index (χ3v) is 4.52. The molecule has 6 heteroatoms. The van der Waals surface area contributed by atoms with Crippen LogP contribution >= 0.6 is 11.6 Å². The number of hydrogen-bond donors (Lipinski definition) is 1. The Kier molecular flexibility index (Phi) is 3.66. The molecule has 124 valence electrons. The van der Waals surface area contributed by atoms with Gasteiger partial charge in [-0.2, -0.15) is 0 Å². The lowest BCUT2D eigenvalue weighted by Crippen LogP contribution is -2.21. The van der Waals surface area contributed by atoms with E-state index in [1.807, 2.05) is 30.3 Å². The molecule has 0 atom stereocenters. The Morgan fingerprint density at radius 2 is 2.08 bits per heavy atom. The lowest BCUT2D eigenvalue weighted by atomic mass is 10.1. The second-order valence-electron chi connectivity index (χ2n) is 5.90. The standard InChI is InChI=1S/C19H13ClN2O3/c20-14-3-1-2-11(9-14)8-12-6-7-22-17(12)21-16-5-4-13(19(24)25)10-15(16)18(22)23/h1-5,8-10H,6-7H2,(H,24,25). The summed E-state index contributed by atoms with van der Waals surface area (Å²) in [6.07, 6.45) is 2.67. The van der Waals surface area contributed by atoms with E-state index in [1.54, 1.807) is 10.6 Å². The number of carboxylic acid groups (broad SMARTS) is 1. The molecule has 1 aliphatic heterocycles. The molecule has 0 amide bonds. The van der Waals surface area contributed by atoms with Gasteiger partial charge in [0.25, 0.3) is 5.56 Å². The maximum absolute atomic E-state index is 12.7. The maximum atomic E-state index is 12.7. The van der Waals surface area contributed by atoms with E-state index in [-0.39, 0.29) is 11.1 Å². The summed E-state index contributed by atoms with van der Waals surface area (Å²) in [5.74, 6) is -0.436. The average Bonchev–Trinajstić information content (AvgIpc) is 2.98. The van der Waals surface area contributed by atoms with Gasteiger partial charge in [0.1, 0.15) is 5.82 Å². The van der Waals surface area contributed by atoms with Gasteiger partial charge in [-0.3, -0.25) is 9.36 Å². The molecule has 1 aromatic heterocycles. The van der Waals surface area contributed by atoms with Crippen molar-refractivity contribution in [3.05, 3.63) is 74.8 Å². The van der Waals surface area contributed by atoms with Gasteiger partial charge < -0.3 is 5.11 Å². The molecule has 0 saturated carbocycles. The highest BCUT2D eigenvalue weighted by Gasteiger charge is 2.21. The van der Waals surface area contributed by atoms with E-state index in [2.05, 4.69) is 4.98 Å². The van der Waals surface area contributed by atoms with Crippen LogP contribution in [0.3, 0.4) is 0 Å². The van der Waals surface area contributed by atoms with Gasteiger partial charge in [-0.05, 0) is 54.0 Å². The Labute approximate surface area is 147 Å². The van der Waals surface area contributed by atoms with Gasteiger partial charge in [0.05, 0.1) is 16.5 Å². The van der Waals surface area contributed by atoms with Gasteiger partial charge in [0, 0.05) is 11.6 Å². The first-order valence-corrected chi connectivity index (χ1v) is 8.15. The fourth-order valence-electron chi connectivity index (χ4n) is 3.08. The second-order valence-corrected chi connectivity index (χ2v) is 6.34. The molecule has 0 bridgehead atoms. The lowest BCUT2D eigenvalue weighted by molar-refractivity contribution is 0.0697. The predicted octanol–water partition coefficient (Wildman–Crippen LogP) is 3.69. The number of allylic oxidation sites excluding steroid dienone is 1. The molecule has 1 N–H and O–H groups in total. The fraction of sp³-hybridized carbons (Fsp3) is 0.105. The number of halogens is 1. The molecule has 0 aliphatic carbocycles. The molecule has 3 aromatic rings. The molecule has 0 radical (unpaired) electrons. The molecule has 1 aliphatic rings. The Balaban J connectivity index is 1.88. The number of rotatable bonds is 2. The van der Waals surface area contributed by atoms with Gasteiger partial charge in [0.15, 0.2) is 0 Å². The third kappa shape index (κ3) is 2.72. The summed E-state index contributed by atoms with van der Waals surface area (Å²) >= 11 is 6.03. The summed E-state index contributed by atoms with van der Waals surface area (Å²) < 4.78 is 1.60. The lowest BCUT2D eigenvalue weighted by Gasteiger charge is -2.06. The molecular formula is C19H13ClN2O3. The second kappa shape index (κ2) is 5.86. The predicted molar refractivity (Wildman–Crippen MR) is 96.9 cm³/mol. The van der Waals surface area contributed by atoms with Crippen molar-refractivity contribution in [2.24, 2.45) is 0 Å². The molecule has 4 rings (SSSR count). The Morgan fingerprint density at radius 1 is 1.24 bits per heavy atom. The molecule has 5 nitrogen and oxygen atoms in total. The summed E-state index contributed by atoms with van der Waals surface area (Å²) in [4.78, 5) is 28.4. The van der Waals surface area contributed by atoms with Crippen LogP contribution in [0, 0.1) is 0 Å². The van der Waals surface area contributed by atoms with Crippen molar-refractivity contribution in [3.8, 4) is 0 Å². The molecule has 2 aromatic carbocycles. The first-order chi connectivity index (χ1) is 12.0. The number of nitrogens with zero attached hydrogens (tertiary/aromatic N) is 2. The van der Waals surface area contributed by atoms with Crippen molar-refractivity contribution < 1.29 is 9.90 Å². The zero-order chi connectivity index (χ0) is 17.6. The highest BCUT2D eigenvalue weighted by atomic mass is 35.5. The van der Waals surface area contributed by atoms with Crippen LogP contribution in [0.2, 0.25) is 5.02 Å². The monoisotopic (exact) mass is 352 g/mol. The first kappa shape index (κ1) is 15.6. The van der Waals surface area contributed by atoms with Crippen LogP contribution in [-0.4, -0.2) is 20.6 Å². The van der Waals surface area contributed by atoms with Gasteiger partial charge in [0.2, 0.25) is 0 Å².